The second-order valence-electron chi connectivity index (χ2n) is 3.68. The minimum atomic E-state index is 0. The van der Waals surface area contributed by atoms with E-state index in [0.29, 0.717) is 0 Å². The summed E-state index contributed by atoms with van der Waals surface area (Å²) in [7, 11) is 1.78. The SMILES string of the molecule is CCC.COCCC1CCNCC1.[HH]. The third kappa shape index (κ3) is 8.26. The summed E-state index contributed by atoms with van der Waals surface area (Å²) in [5.41, 5.74) is 0. The van der Waals surface area contributed by atoms with Gasteiger partial charge in [0.1, 0.15) is 0 Å². The molecule has 0 aromatic heterocycles. The van der Waals surface area contributed by atoms with Gasteiger partial charge in [-0.25, -0.2) is 0 Å². The Morgan fingerprint density at radius 3 is 2.31 bits per heavy atom. The molecule has 0 unspecified atom stereocenters. The fourth-order valence-corrected chi connectivity index (χ4v) is 1.45. The van der Waals surface area contributed by atoms with Crippen molar-refractivity contribution in [2.24, 2.45) is 5.92 Å². The van der Waals surface area contributed by atoms with E-state index >= 15 is 0 Å². The highest BCUT2D eigenvalue weighted by molar-refractivity contribution is 4.67. The Labute approximate surface area is 84.5 Å². The second-order valence-corrected chi connectivity index (χ2v) is 3.68. The number of piperidine rings is 1. The van der Waals surface area contributed by atoms with Crippen LogP contribution in [0, 0.1) is 5.92 Å². The summed E-state index contributed by atoms with van der Waals surface area (Å²) in [6.45, 7) is 7.59. The average molecular weight is 189 g/mol. The van der Waals surface area contributed by atoms with Crippen molar-refractivity contribution < 1.29 is 6.16 Å². The van der Waals surface area contributed by atoms with E-state index in [4.69, 9.17) is 4.74 Å². The number of hydrogen-bond acceptors (Lipinski definition) is 2. The lowest BCUT2D eigenvalue weighted by Gasteiger charge is -2.21. The monoisotopic (exact) mass is 189 g/mol. The summed E-state index contributed by atoms with van der Waals surface area (Å²) in [6.07, 6.45) is 5.17. The van der Waals surface area contributed by atoms with E-state index in [1.165, 1.54) is 38.8 Å². The Hall–Kier alpha value is -0.0800. The minimum Gasteiger partial charge on any atom is -0.385 e. The van der Waals surface area contributed by atoms with Gasteiger partial charge in [-0.2, -0.15) is 0 Å². The maximum Gasteiger partial charge on any atom is 0.0464 e. The van der Waals surface area contributed by atoms with Crippen LogP contribution in [-0.4, -0.2) is 26.8 Å². The maximum atomic E-state index is 5.02. The number of methoxy groups -OCH3 is 1. The number of hydrogen-bond donors (Lipinski definition) is 1. The van der Waals surface area contributed by atoms with Gasteiger partial charge in [-0.3, -0.25) is 0 Å². The first kappa shape index (κ1) is 12.9. The van der Waals surface area contributed by atoms with Gasteiger partial charge in [0, 0.05) is 15.1 Å². The Kier molecular flexibility index (Phi) is 9.94. The van der Waals surface area contributed by atoms with Crippen molar-refractivity contribution in [3.05, 3.63) is 0 Å². The first-order valence-electron chi connectivity index (χ1n) is 5.54. The van der Waals surface area contributed by atoms with Crippen LogP contribution in [0.1, 0.15) is 41.0 Å². The number of rotatable bonds is 3. The molecule has 82 valence electrons. The average Bonchev–Trinajstić information content (AvgIpc) is 2.18. The van der Waals surface area contributed by atoms with E-state index in [0.717, 1.165) is 12.5 Å². The molecule has 0 aromatic rings. The fraction of sp³-hybridized carbons (Fsp3) is 1.00. The van der Waals surface area contributed by atoms with Crippen LogP contribution >= 0.6 is 0 Å². The zero-order valence-corrected chi connectivity index (χ0v) is 9.44. The zero-order chi connectivity index (χ0) is 9.94. The minimum absolute atomic E-state index is 0. The van der Waals surface area contributed by atoms with Gasteiger partial charge in [-0.15, -0.1) is 0 Å². The summed E-state index contributed by atoms with van der Waals surface area (Å²) >= 11 is 0. The third-order valence-electron chi connectivity index (χ3n) is 2.19. The van der Waals surface area contributed by atoms with Gasteiger partial charge < -0.3 is 10.1 Å². The molecule has 1 heterocycles. The van der Waals surface area contributed by atoms with E-state index < -0.39 is 0 Å². The summed E-state index contributed by atoms with van der Waals surface area (Å²) in [4.78, 5) is 0. The molecule has 1 aliphatic heterocycles. The molecule has 1 rings (SSSR count). The van der Waals surface area contributed by atoms with Crippen LogP contribution in [0.4, 0.5) is 0 Å². The van der Waals surface area contributed by atoms with Crippen LogP contribution in [0.15, 0.2) is 0 Å². The molecule has 0 bridgehead atoms. The summed E-state index contributed by atoms with van der Waals surface area (Å²) in [5.74, 6) is 0.918. The molecule has 1 fully saturated rings. The van der Waals surface area contributed by atoms with E-state index in [1.54, 1.807) is 7.11 Å². The second kappa shape index (κ2) is 10.0. The normalized spacial score (nSPS) is 17.8. The smallest absolute Gasteiger partial charge is 0.0464 e. The van der Waals surface area contributed by atoms with Gasteiger partial charge in [-0.05, 0) is 38.3 Å². The van der Waals surface area contributed by atoms with Gasteiger partial charge in [0.15, 0.2) is 0 Å². The Bertz CT molecular complexity index is 95.3. The van der Waals surface area contributed by atoms with E-state index in [-0.39, 0.29) is 1.43 Å². The molecule has 0 radical (unpaired) electrons. The fourth-order valence-electron chi connectivity index (χ4n) is 1.45. The van der Waals surface area contributed by atoms with Crippen LogP contribution < -0.4 is 5.32 Å². The molecule has 2 nitrogen and oxygen atoms in total. The van der Waals surface area contributed by atoms with Gasteiger partial charge >= 0.3 is 0 Å². The quantitative estimate of drug-likeness (QED) is 0.737. The van der Waals surface area contributed by atoms with Crippen molar-refractivity contribution in [1.82, 2.24) is 5.32 Å². The lowest BCUT2D eigenvalue weighted by atomic mass is 9.95. The largest absolute Gasteiger partial charge is 0.385 e. The molecule has 0 aromatic carbocycles. The zero-order valence-electron chi connectivity index (χ0n) is 9.44. The molecule has 1 saturated heterocycles. The molecule has 2 heteroatoms. The predicted molar refractivity (Wildman–Crippen MR) is 60.2 cm³/mol. The van der Waals surface area contributed by atoms with E-state index in [2.05, 4.69) is 19.2 Å². The Morgan fingerprint density at radius 2 is 1.85 bits per heavy atom. The van der Waals surface area contributed by atoms with Gasteiger partial charge in [0.05, 0.1) is 0 Å². The molecular formula is C11H27NO. The van der Waals surface area contributed by atoms with Crippen molar-refractivity contribution in [3.8, 4) is 0 Å². The van der Waals surface area contributed by atoms with Gasteiger partial charge in [0.25, 0.3) is 0 Å². The molecule has 0 atom stereocenters. The molecule has 0 amide bonds. The Morgan fingerprint density at radius 1 is 1.31 bits per heavy atom. The Balaban J connectivity index is 0. The number of ether oxygens (including phenoxy) is 1. The first-order valence-corrected chi connectivity index (χ1v) is 5.54. The molecule has 1 N–H and O–H groups in total. The summed E-state index contributed by atoms with van der Waals surface area (Å²) in [6, 6.07) is 0. The highest BCUT2D eigenvalue weighted by Gasteiger charge is 2.11. The van der Waals surface area contributed by atoms with Gasteiger partial charge in [0.2, 0.25) is 0 Å². The standard InChI is InChI=1S/C8H17NO.C3H8.H2/c1-10-7-4-8-2-5-9-6-3-8;1-3-2;/h8-9H,2-7H2,1H3;3H2,1-2H3;1H. The summed E-state index contributed by atoms with van der Waals surface area (Å²) in [5, 5.41) is 3.35. The van der Waals surface area contributed by atoms with Crippen LogP contribution in [-0.2, 0) is 4.74 Å². The van der Waals surface area contributed by atoms with Crippen LogP contribution in [0.3, 0.4) is 0 Å². The number of nitrogens with one attached hydrogen (secondary N) is 1. The van der Waals surface area contributed by atoms with Gasteiger partial charge in [-0.1, -0.05) is 20.3 Å². The van der Waals surface area contributed by atoms with Crippen LogP contribution in [0.5, 0.6) is 0 Å². The topological polar surface area (TPSA) is 21.3 Å². The van der Waals surface area contributed by atoms with E-state index in [1.807, 2.05) is 0 Å². The first-order chi connectivity index (χ1) is 6.35. The van der Waals surface area contributed by atoms with Crippen LogP contribution in [0.25, 0.3) is 0 Å². The lowest BCUT2D eigenvalue weighted by molar-refractivity contribution is 0.168. The third-order valence-corrected chi connectivity index (χ3v) is 2.19. The highest BCUT2D eigenvalue weighted by Crippen LogP contribution is 2.14. The lowest BCUT2D eigenvalue weighted by Crippen LogP contribution is -2.28. The van der Waals surface area contributed by atoms with Crippen molar-refractivity contribution >= 4 is 0 Å². The molecular weight excluding hydrogens is 162 g/mol. The molecule has 13 heavy (non-hydrogen) atoms. The molecule has 1 aliphatic rings. The molecule has 0 aliphatic carbocycles. The maximum absolute atomic E-state index is 5.02. The molecule has 0 saturated carbocycles. The van der Waals surface area contributed by atoms with Crippen molar-refractivity contribution in [2.75, 3.05) is 26.8 Å². The summed E-state index contributed by atoms with van der Waals surface area (Å²) < 4.78 is 5.02. The highest BCUT2D eigenvalue weighted by atomic mass is 16.5. The predicted octanol–water partition coefficient (Wildman–Crippen LogP) is 2.68. The van der Waals surface area contributed by atoms with Crippen molar-refractivity contribution in [2.45, 2.75) is 39.5 Å². The van der Waals surface area contributed by atoms with Crippen molar-refractivity contribution in [3.63, 3.8) is 0 Å². The molecule has 0 spiro atoms. The van der Waals surface area contributed by atoms with E-state index in [9.17, 15) is 0 Å². The van der Waals surface area contributed by atoms with Crippen molar-refractivity contribution in [1.29, 1.82) is 0 Å². The van der Waals surface area contributed by atoms with Crippen LogP contribution in [0.2, 0.25) is 0 Å².